The first-order valence-corrected chi connectivity index (χ1v) is 9.37. The second-order valence-electron chi connectivity index (χ2n) is 6.70. The maximum absolute atomic E-state index is 12.6. The van der Waals surface area contributed by atoms with E-state index >= 15 is 0 Å². The molecule has 1 aromatic heterocycles. The van der Waals surface area contributed by atoms with Crippen molar-refractivity contribution < 1.29 is 27.5 Å². The maximum Gasteiger partial charge on any atom is 0.416 e. The molecule has 2 rings (SSSR count). The number of benzene rings is 1. The number of carbonyl (C=O) groups excluding carboxylic acids is 1. The highest BCUT2D eigenvalue weighted by Gasteiger charge is 2.30. The van der Waals surface area contributed by atoms with Gasteiger partial charge in [0.2, 0.25) is 0 Å². The lowest BCUT2D eigenvalue weighted by atomic mass is 10.0. The van der Waals surface area contributed by atoms with E-state index in [4.69, 9.17) is 4.42 Å². The summed E-state index contributed by atoms with van der Waals surface area (Å²) in [6.45, 7) is 4.65. The van der Waals surface area contributed by atoms with Crippen molar-refractivity contribution in [3.05, 3.63) is 59.5 Å². The number of hydrogen-bond donors (Lipinski definition) is 4. The summed E-state index contributed by atoms with van der Waals surface area (Å²) in [7, 11) is 0. The molecule has 11 heteroatoms. The molecule has 1 unspecified atom stereocenters. The third kappa shape index (κ3) is 8.40. The second kappa shape index (κ2) is 11.9. The number of rotatable bonds is 8. The predicted molar refractivity (Wildman–Crippen MR) is 121 cm³/mol. The number of aliphatic hydroxyl groups is 1. The quantitative estimate of drug-likeness (QED) is 0.174. The fourth-order valence-corrected chi connectivity index (χ4v) is 2.51. The van der Waals surface area contributed by atoms with Crippen molar-refractivity contribution in [1.82, 2.24) is 16.0 Å². The number of guanidine groups is 1. The summed E-state index contributed by atoms with van der Waals surface area (Å²) in [6, 6.07) is 7.34. The van der Waals surface area contributed by atoms with E-state index in [0.29, 0.717) is 24.8 Å². The van der Waals surface area contributed by atoms with Gasteiger partial charge in [-0.1, -0.05) is 0 Å². The minimum atomic E-state index is -4.44. The number of nitrogens with zero attached hydrogens (tertiary/aromatic N) is 1. The van der Waals surface area contributed by atoms with Gasteiger partial charge in [-0.05, 0) is 50.2 Å². The van der Waals surface area contributed by atoms with Crippen LogP contribution >= 0.6 is 24.0 Å². The molecule has 1 aromatic carbocycles. The molecule has 4 N–H and O–H groups in total. The number of nitrogens with one attached hydrogen (secondary N) is 3. The molecule has 172 valence electrons. The van der Waals surface area contributed by atoms with Gasteiger partial charge >= 0.3 is 6.18 Å². The summed E-state index contributed by atoms with van der Waals surface area (Å²) >= 11 is 0. The van der Waals surface area contributed by atoms with Crippen molar-refractivity contribution in [2.75, 3.05) is 26.2 Å². The van der Waals surface area contributed by atoms with Crippen molar-refractivity contribution in [3.8, 4) is 0 Å². The molecule has 0 aliphatic rings. The monoisotopic (exact) mass is 554 g/mol. The summed E-state index contributed by atoms with van der Waals surface area (Å²) in [4.78, 5) is 16.4. The van der Waals surface area contributed by atoms with Gasteiger partial charge in [0.25, 0.3) is 5.91 Å². The Kier molecular flexibility index (Phi) is 10.3. The van der Waals surface area contributed by atoms with E-state index in [0.717, 1.165) is 24.3 Å². The lowest BCUT2D eigenvalue weighted by Crippen LogP contribution is -2.42. The zero-order valence-electron chi connectivity index (χ0n) is 17.1. The second-order valence-corrected chi connectivity index (χ2v) is 6.70. The molecule has 7 nitrogen and oxygen atoms in total. The van der Waals surface area contributed by atoms with Gasteiger partial charge in [-0.25, -0.2) is 4.99 Å². The lowest BCUT2D eigenvalue weighted by Gasteiger charge is -2.19. The van der Waals surface area contributed by atoms with Crippen molar-refractivity contribution in [2.45, 2.75) is 25.6 Å². The van der Waals surface area contributed by atoms with E-state index in [2.05, 4.69) is 20.9 Å². The Bertz CT molecular complexity index is 838. The zero-order chi connectivity index (χ0) is 22.2. The van der Waals surface area contributed by atoms with E-state index in [9.17, 15) is 23.1 Å². The average molecular weight is 554 g/mol. The van der Waals surface area contributed by atoms with Crippen molar-refractivity contribution >= 4 is 35.8 Å². The Balaban J connectivity index is 0.00000480. The van der Waals surface area contributed by atoms with Gasteiger partial charge in [0, 0.05) is 25.2 Å². The first kappa shape index (κ1) is 26.8. The molecule has 0 bridgehead atoms. The van der Waals surface area contributed by atoms with Crippen LogP contribution in [-0.2, 0) is 11.8 Å². The van der Waals surface area contributed by atoms with E-state index in [1.165, 1.54) is 6.26 Å². The molecular weight excluding hydrogens is 528 g/mol. The fraction of sp³-hybridized carbons (Fsp3) is 0.400. The molecule has 0 aliphatic heterocycles. The summed E-state index contributed by atoms with van der Waals surface area (Å²) < 4.78 is 42.9. The van der Waals surface area contributed by atoms with Gasteiger partial charge < -0.3 is 25.5 Å². The van der Waals surface area contributed by atoms with Crippen LogP contribution in [0.15, 0.2) is 52.1 Å². The van der Waals surface area contributed by atoms with Crippen molar-refractivity contribution in [1.29, 1.82) is 0 Å². The third-order valence-electron chi connectivity index (χ3n) is 4.12. The molecular formula is C20H26F3IN4O3. The lowest BCUT2D eigenvalue weighted by molar-refractivity contribution is -0.137. The molecule has 31 heavy (non-hydrogen) atoms. The SMILES string of the molecule is CCNC(=NCC(C)(O)c1ccco1)NCCNC(=O)c1ccc(C(F)(F)F)cc1.I. The van der Waals surface area contributed by atoms with E-state index in [1.807, 2.05) is 6.92 Å². The summed E-state index contributed by atoms with van der Waals surface area (Å²) in [5.41, 5.74) is -1.95. The van der Waals surface area contributed by atoms with Gasteiger partial charge in [-0.3, -0.25) is 4.79 Å². The topological polar surface area (TPSA) is 98.9 Å². The molecule has 1 amide bonds. The molecule has 1 heterocycles. The van der Waals surface area contributed by atoms with Crippen LogP contribution < -0.4 is 16.0 Å². The first-order valence-electron chi connectivity index (χ1n) is 9.37. The molecule has 0 radical (unpaired) electrons. The van der Waals surface area contributed by atoms with Crippen molar-refractivity contribution in [2.24, 2.45) is 4.99 Å². The van der Waals surface area contributed by atoms with Crippen LogP contribution in [0.25, 0.3) is 0 Å². The smallest absolute Gasteiger partial charge is 0.416 e. The number of furan rings is 1. The maximum atomic E-state index is 12.6. The molecule has 0 saturated carbocycles. The highest BCUT2D eigenvalue weighted by molar-refractivity contribution is 14.0. The highest BCUT2D eigenvalue weighted by Crippen LogP contribution is 2.29. The van der Waals surface area contributed by atoms with E-state index in [-0.39, 0.29) is 42.6 Å². The van der Waals surface area contributed by atoms with Gasteiger partial charge in [-0.15, -0.1) is 24.0 Å². The number of alkyl halides is 3. The number of carbonyl (C=O) groups is 1. The van der Waals surface area contributed by atoms with E-state index < -0.39 is 23.2 Å². The summed E-state index contributed by atoms with van der Waals surface area (Å²) in [5.74, 6) is 0.354. The van der Waals surface area contributed by atoms with Gasteiger partial charge in [0.15, 0.2) is 5.96 Å². The van der Waals surface area contributed by atoms with Crippen LogP contribution in [0.1, 0.15) is 35.5 Å². The largest absolute Gasteiger partial charge is 0.466 e. The number of aliphatic imine (C=N–C) groups is 1. The van der Waals surface area contributed by atoms with Crippen LogP contribution in [0, 0.1) is 0 Å². The number of amides is 1. The normalized spacial score (nSPS) is 13.7. The highest BCUT2D eigenvalue weighted by atomic mass is 127. The number of hydrogen-bond acceptors (Lipinski definition) is 4. The third-order valence-corrected chi connectivity index (χ3v) is 4.12. The average Bonchev–Trinajstić information content (AvgIpc) is 3.24. The zero-order valence-corrected chi connectivity index (χ0v) is 19.5. The number of halogens is 4. The molecule has 2 aromatic rings. The predicted octanol–water partition coefficient (Wildman–Crippen LogP) is 3.11. The Hall–Kier alpha value is -2.28. The van der Waals surface area contributed by atoms with Crippen LogP contribution in [-0.4, -0.2) is 43.2 Å². The first-order chi connectivity index (χ1) is 14.1. The molecule has 0 saturated heterocycles. The van der Waals surface area contributed by atoms with Crippen LogP contribution in [0.2, 0.25) is 0 Å². The van der Waals surface area contributed by atoms with Crippen molar-refractivity contribution in [3.63, 3.8) is 0 Å². The summed E-state index contributed by atoms with van der Waals surface area (Å²) in [6.07, 6.45) is -2.97. The minimum Gasteiger partial charge on any atom is -0.466 e. The van der Waals surface area contributed by atoms with Crippen LogP contribution in [0.4, 0.5) is 13.2 Å². The Morgan fingerprint density at radius 3 is 2.29 bits per heavy atom. The fourth-order valence-electron chi connectivity index (χ4n) is 2.51. The van der Waals surface area contributed by atoms with Gasteiger partial charge in [0.1, 0.15) is 11.4 Å². The molecule has 0 aliphatic carbocycles. The molecule has 0 fully saturated rings. The minimum absolute atomic E-state index is 0. The Morgan fingerprint density at radius 2 is 1.74 bits per heavy atom. The van der Waals surface area contributed by atoms with Gasteiger partial charge in [0.05, 0.1) is 18.4 Å². The summed E-state index contributed by atoms with van der Waals surface area (Å²) in [5, 5.41) is 19.1. The van der Waals surface area contributed by atoms with Gasteiger partial charge in [-0.2, -0.15) is 13.2 Å². The van der Waals surface area contributed by atoms with Crippen LogP contribution in [0.5, 0.6) is 0 Å². The Morgan fingerprint density at radius 1 is 1.10 bits per heavy atom. The van der Waals surface area contributed by atoms with E-state index in [1.54, 1.807) is 19.1 Å². The molecule has 1 atom stereocenters. The van der Waals surface area contributed by atoms with Crippen LogP contribution in [0.3, 0.4) is 0 Å². The molecule has 0 spiro atoms. The standard InChI is InChI=1S/C20H25F3N4O3.HI/c1-3-24-18(27-13-19(2,29)16-5-4-12-30-16)26-11-10-25-17(28)14-6-8-15(9-7-14)20(21,22)23;/h4-9,12,29H,3,10-11,13H2,1-2H3,(H,25,28)(H2,24,26,27);1H. The Labute approximate surface area is 195 Å².